The van der Waals surface area contributed by atoms with Gasteiger partial charge in [0.15, 0.2) is 0 Å². The highest BCUT2D eigenvalue weighted by molar-refractivity contribution is 7.11. The van der Waals surface area contributed by atoms with E-state index in [4.69, 9.17) is 5.73 Å². The molecule has 17 heavy (non-hydrogen) atoms. The third-order valence-corrected chi connectivity index (χ3v) is 4.70. The normalized spacial score (nSPS) is 28.3. The molecule has 2 heterocycles. The first-order valence-electron chi connectivity index (χ1n) is 6.44. The predicted octanol–water partition coefficient (Wildman–Crippen LogP) is 2.63. The zero-order valence-electron chi connectivity index (χ0n) is 11.2. The van der Waals surface area contributed by atoms with Gasteiger partial charge in [-0.2, -0.15) is 0 Å². The average molecular weight is 253 g/mol. The number of hydrogen-bond acceptors (Lipinski definition) is 4. The fraction of sp³-hybridized carbons (Fsp3) is 0.769. The van der Waals surface area contributed by atoms with Crippen LogP contribution in [0.3, 0.4) is 0 Å². The maximum Gasteiger partial charge on any atom is 0.0900 e. The zero-order chi connectivity index (χ0) is 12.6. The molecule has 1 aromatic rings. The van der Waals surface area contributed by atoms with Gasteiger partial charge >= 0.3 is 0 Å². The van der Waals surface area contributed by atoms with E-state index in [0.717, 1.165) is 19.4 Å². The summed E-state index contributed by atoms with van der Waals surface area (Å²) >= 11 is 1.80. The Balaban J connectivity index is 2.14. The Morgan fingerprint density at radius 1 is 1.47 bits per heavy atom. The highest BCUT2D eigenvalue weighted by Crippen LogP contribution is 2.31. The molecule has 3 atom stereocenters. The van der Waals surface area contributed by atoms with Crippen molar-refractivity contribution in [3.05, 3.63) is 15.6 Å². The molecule has 0 aliphatic carbocycles. The molecule has 2 N–H and O–H groups in total. The van der Waals surface area contributed by atoms with Gasteiger partial charge in [0.1, 0.15) is 0 Å². The molecule has 3 unspecified atom stereocenters. The van der Waals surface area contributed by atoms with E-state index in [-0.39, 0.29) is 0 Å². The summed E-state index contributed by atoms with van der Waals surface area (Å²) in [5.41, 5.74) is 7.28. The average Bonchev–Trinajstić information content (AvgIpc) is 2.57. The number of rotatable bonds is 2. The first-order valence-corrected chi connectivity index (χ1v) is 7.26. The Morgan fingerprint density at radius 2 is 2.18 bits per heavy atom. The number of likely N-dealkylation sites (tertiary alicyclic amines) is 1. The van der Waals surface area contributed by atoms with Crippen LogP contribution in [0, 0.1) is 13.8 Å². The fourth-order valence-corrected chi connectivity index (χ4v) is 3.80. The monoisotopic (exact) mass is 253 g/mol. The Bertz CT molecular complexity index is 388. The molecule has 3 nitrogen and oxygen atoms in total. The maximum atomic E-state index is 6.02. The van der Waals surface area contributed by atoms with Gasteiger partial charge in [-0.05, 0) is 40.5 Å². The molecule has 1 fully saturated rings. The van der Waals surface area contributed by atoms with Crippen LogP contribution in [-0.2, 0) is 0 Å². The minimum atomic E-state index is 0.381. The van der Waals surface area contributed by atoms with Gasteiger partial charge in [-0.15, -0.1) is 11.3 Å². The minimum Gasteiger partial charge on any atom is -0.328 e. The van der Waals surface area contributed by atoms with E-state index in [1.807, 2.05) is 0 Å². The van der Waals surface area contributed by atoms with Gasteiger partial charge in [0.05, 0.1) is 16.7 Å². The Hall–Kier alpha value is -0.450. The largest absolute Gasteiger partial charge is 0.328 e. The highest BCUT2D eigenvalue weighted by atomic mass is 32.1. The van der Waals surface area contributed by atoms with Crippen LogP contribution in [-0.4, -0.2) is 28.5 Å². The van der Waals surface area contributed by atoms with E-state index in [9.17, 15) is 0 Å². The molecule has 0 spiro atoms. The minimum absolute atomic E-state index is 0.381. The number of piperidine rings is 1. The van der Waals surface area contributed by atoms with E-state index in [2.05, 4.69) is 37.6 Å². The summed E-state index contributed by atoms with van der Waals surface area (Å²) in [6.07, 6.45) is 2.21. The van der Waals surface area contributed by atoms with Crippen LogP contribution in [0.4, 0.5) is 0 Å². The molecular weight excluding hydrogens is 230 g/mol. The second-order valence-electron chi connectivity index (χ2n) is 5.22. The molecule has 0 bridgehead atoms. The molecule has 0 saturated carbocycles. The topological polar surface area (TPSA) is 42.2 Å². The Kier molecular flexibility index (Phi) is 3.85. The van der Waals surface area contributed by atoms with Crippen molar-refractivity contribution in [2.45, 2.75) is 58.7 Å². The molecule has 1 aliphatic heterocycles. The van der Waals surface area contributed by atoms with Crippen LogP contribution < -0.4 is 5.73 Å². The SMILES string of the molecule is Cc1nc(C(C)N2CCC(N)CC2C)c(C)s1. The van der Waals surface area contributed by atoms with Crippen LogP contribution in [0.5, 0.6) is 0 Å². The van der Waals surface area contributed by atoms with Crippen LogP contribution >= 0.6 is 11.3 Å². The molecule has 0 aromatic carbocycles. The molecule has 1 aliphatic rings. The third kappa shape index (κ3) is 2.69. The van der Waals surface area contributed by atoms with Crippen molar-refractivity contribution in [1.82, 2.24) is 9.88 Å². The van der Waals surface area contributed by atoms with Gasteiger partial charge < -0.3 is 5.73 Å². The second-order valence-corrected chi connectivity index (χ2v) is 6.63. The predicted molar refractivity (Wildman–Crippen MR) is 73.4 cm³/mol. The van der Waals surface area contributed by atoms with Crippen molar-refractivity contribution in [2.24, 2.45) is 5.73 Å². The van der Waals surface area contributed by atoms with Crippen molar-refractivity contribution in [2.75, 3.05) is 6.54 Å². The van der Waals surface area contributed by atoms with Gasteiger partial charge in [0.2, 0.25) is 0 Å². The lowest BCUT2D eigenvalue weighted by Crippen LogP contribution is -2.46. The summed E-state index contributed by atoms with van der Waals surface area (Å²) < 4.78 is 0. The zero-order valence-corrected chi connectivity index (χ0v) is 12.0. The van der Waals surface area contributed by atoms with Gasteiger partial charge in [-0.25, -0.2) is 4.98 Å². The Labute approximate surface area is 108 Å². The van der Waals surface area contributed by atoms with Crippen LogP contribution in [0.25, 0.3) is 0 Å². The first-order chi connectivity index (χ1) is 7.99. The molecule has 0 radical (unpaired) electrons. The van der Waals surface area contributed by atoms with E-state index in [1.165, 1.54) is 15.6 Å². The van der Waals surface area contributed by atoms with Crippen molar-refractivity contribution < 1.29 is 0 Å². The third-order valence-electron chi connectivity index (χ3n) is 3.80. The highest BCUT2D eigenvalue weighted by Gasteiger charge is 2.29. The van der Waals surface area contributed by atoms with Gasteiger partial charge in [-0.1, -0.05) is 0 Å². The summed E-state index contributed by atoms with van der Waals surface area (Å²) in [5.74, 6) is 0. The van der Waals surface area contributed by atoms with Gasteiger partial charge in [-0.3, -0.25) is 4.90 Å². The van der Waals surface area contributed by atoms with E-state index in [1.54, 1.807) is 11.3 Å². The summed E-state index contributed by atoms with van der Waals surface area (Å²) in [6.45, 7) is 9.92. The first kappa shape index (κ1) is 13.0. The number of aromatic nitrogens is 1. The van der Waals surface area contributed by atoms with E-state index < -0.39 is 0 Å². The molecular formula is C13H23N3S. The Morgan fingerprint density at radius 3 is 2.71 bits per heavy atom. The maximum absolute atomic E-state index is 6.02. The second kappa shape index (κ2) is 5.04. The lowest BCUT2D eigenvalue weighted by molar-refractivity contribution is 0.102. The molecule has 96 valence electrons. The van der Waals surface area contributed by atoms with Crippen molar-refractivity contribution in [3.63, 3.8) is 0 Å². The van der Waals surface area contributed by atoms with Crippen LogP contribution in [0.15, 0.2) is 0 Å². The number of thiazole rings is 1. The molecule has 0 amide bonds. The lowest BCUT2D eigenvalue weighted by Gasteiger charge is -2.40. The van der Waals surface area contributed by atoms with Gasteiger partial charge in [0.25, 0.3) is 0 Å². The summed E-state index contributed by atoms with van der Waals surface area (Å²) in [5, 5.41) is 1.17. The van der Waals surface area contributed by atoms with E-state index >= 15 is 0 Å². The quantitative estimate of drug-likeness (QED) is 0.881. The summed E-state index contributed by atoms with van der Waals surface area (Å²) in [7, 11) is 0. The number of hydrogen-bond donors (Lipinski definition) is 1. The van der Waals surface area contributed by atoms with Crippen molar-refractivity contribution >= 4 is 11.3 Å². The lowest BCUT2D eigenvalue weighted by atomic mass is 9.96. The number of aryl methyl sites for hydroxylation is 2. The summed E-state index contributed by atoms with van der Waals surface area (Å²) in [4.78, 5) is 8.59. The number of nitrogens with zero attached hydrogens (tertiary/aromatic N) is 2. The molecule has 2 rings (SSSR count). The van der Waals surface area contributed by atoms with Crippen LogP contribution in [0.1, 0.15) is 48.3 Å². The fourth-order valence-electron chi connectivity index (χ4n) is 2.89. The van der Waals surface area contributed by atoms with Gasteiger partial charge in [0, 0.05) is 23.5 Å². The standard InChI is InChI=1S/C13H23N3S/c1-8-7-12(14)5-6-16(8)9(2)13-10(3)17-11(4)15-13/h8-9,12H,5-7,14H2,1-4H3. The van der Waals surface area contributed by atoms with E-state index in [0.29, 0.717) is 18.1 Å². The molecule has 4 heteroatoms. The van der Waals surface area contributed by atoms with Crippen molar-refractivity contribution in [1.29, 1.82) is 0 Å². The molecule has 1 saturated heterocycles. The smallest absolute Gasteiger partial charge is 0.0900 e. The van der Waals surface area contributed by atoms with Crippen molar-refractivity contribution in [3.8, 4) is 0 Å². The van der Waals surface area contributed by atoms with Crippen LogP contribution in [0.2, 0.25) is 0 Å². The number of nitrogens with two attached hydrogens (primary N) is 1. The summed E-state index contributed by atoms with van der Waals surface area (Å²) in [6, 6.07) is 1.37. The molecule has 1 aromatic heterocycles.